The Morgan fingerprint density at radius 1 is 1.11 bits per heavy atom. The number of carbonyl (C=O) groups is 3. The standard InChI is InChI=1S/C23H29NO4/c1-16-13-18(14-19-20(25)15-22(26)24-23(19)27)10-11-21(16)28-12-6-5-9-17-7-3-2-4-8-17/h10-11,13-14,17H,2-9,12,15H2,1H3,(H,24,26,27)/b19-14+. The summed E-state index contributed by atoms with van der Waals surface area (Å²) in [6.07, 6.45) is 11.8. The highest BCUT2D eigenvalue weighted by Crippen LogP contribution is 2.28. The first-order valence-electron chi connectivity index (χ1n) is 10.4. The maximum Gasteiger partial charge on any atom is 0.261 e. The van der Waals surface area contributed by atoms with Gasteiger partial charge in [-0.15, -0.1) is 0 Å². The largest absolute Gasteiger partial charge is 0.493 e. The van der Waals surface area contributed by atoms with Gasteiger partial charge in [0.25, 0.3) is 5.91 Å². The minimum absolute atomic E-state index is 0.0235. The number of ketones is 1. The first-order chi connectivity index (χ1) is 13.5. The molecular weight excluding hydrogens is 354 g/mol. The number of nitrogens with one attached hydrogen (secondary N) is 1. The van der Waals surface area contributed by atoms with Crippen molar-refractivity contribution < 1.29 is 19.1 Å². The van der Waals surface area contributed by atoms with Crippen molar-refractivity contribution >= 4 is 23.7 Å². The zero-order valence-corrected chi connectivity index (χ0v) is 16.6. The molecule has 1 aliphatic heterocycles. The molecule has 5 nitrogen and oxygen atoms in total. The van der Waals surface area contributed by atoms with E-state index >= 15 is 0 Å². The molecule has 2 fully saturated rings. The molecule has 2 aliphatic rings. The van der Waals surface area contributed by atoms with E-state index in [0.717, 1.165) is 29.2 Å². The van der Waals surface area contributed by atoms with Gasteiger partial charge < -0.3 is 4.74 Å². The molecule has 0 aromatic heterocycles. The lowest BCUT2D eigenvalue weighted by molar-refractivity contribution is -0.134. The fourth-order valence-corrected chi connectivity index (χ4v) is 4.04. The maximum atomic E-state index is 11.9. The molecule has 0 radical (unpaired) electrons. The van der Waals surface area contributed by atoms with Crippen LogP contribution in [0.1, 0.15) is 68.9 Å². The van der Waals surface area contributed by atoms with E-state index in [0.29, 0.717) is 6.61 Å². The summed E-state index contributed by atoms with van der Waals surface area (Å²) in [5, 5.41) is 2.18. The summed E-state index contributed by atoms with van der Waals surface area (Å²) in [7, 11) is 0. The third-order valence-electron chi connectivity index (χ3n) is 5.62. The molecule has 3 rings (SSSR count). The van der Waals surface area contributed by atoms with Crippen LogP contribution in [0.2, 0.25) is 0 Å². The number of rotatable bonds is 7. The summed E-state index contributed by atoms with van der Waals surface area (Å²) in [5.41, 5.74) is 1.73. The number of ether oxygens (including phenoxy) is 1. The van der Waals surface area contributed by atoms with Crippen molar-refractivity contribution in [3.05, 3.63) is 34.9 Å². The average molecular weight is 383 g/mol. The van der Waals surface area contributed by atoms with Gasteiger partial charge in [-0.25, -0.2) is 0 Å². The van der Waals surface area contributed by atoms with E-state index < -0.39 is 17.6 Å². The number of hydrogen-bond acceptors (Lipinski definition) is 4. The number of unbranched alkanes of at least 4 members (excludes halogenated alkanes) is 1. The van der Waals surface area contributed by atoms with E-state index in [1.54, 1.807) is 0 Å². The summed E-state index contributed by atoms with van der Waals surface area (Å²) in [6, 6.07) is 5.59. The van der Waals surface area contributed by atoms with Gasteiger partial charge >= 0.3 is 0 Å². The highest BCUT2D eigenvalue weighted by atomic mass is 16.5. The van der Waals surface area contributed by atoms with Crippen molar-refractivity contribution in [3.63, 3.8) is 0 Å². The number of piperidine rings is 1. The Morgan fingerprint density at radius 2 is 1.89 bits per heavy atom. The van der Waals surface area contributed by atoms with Crippen molar-refractivity contribution in [3.8, 4) is 5.75 Å². The van der Waals surface area contributed by atoms with Gasteiger partial charge in [0, 0.05) is 0 Å². The molecule has 1 N–H and O–H groups in total. The quantitative estimate of drug-likeness (QED) is 0.253. The molecule has 1 aromatic rings. The number of imide groups is 1. The maximum absolute atomic E-state index is 11.9. The SMILES string of the molecule is Cc1cc(/C=C2\C(=O)CC(=O)NC2=O)ccc1OCCCCC1CCCCC1. The van der Waals surface area contributed by atoms with Crippen molar-refractivity contribution in [1.82, 2.24) is 5.32 Å². The van der Waals surface area contributed by atoms with Gasteiger partial charge in [0.1, 0.15) is 5.75 Å². The van der Waals surface area contributed by atoms with Gasteiger partial charge in [0.05, 0.1) is 18.6 Å². The van der Waals surface area contributed by atoms with E-state index in [9.17, 15) is 14.4 Å². The second-order valence-electron chi connectivity index (χ2n) is 7.91. The minimum Gasteiger partial charge on any atom is -0.493 e. The molecule has 1 saturated carbocycles. The third-order valence-corrected chi connectivity index (χ3v) is 5.62. The van der Waals surface area contributed by atoms with Crippen molar-refractivity contribution in [2.24, 2.45) is 5.92 Å². The van der Waals surface area contributed by atoms with Gasteiger partial charge in [-0.1, -0.05) is 44.6 Å². The smallest absolute Gasteiger partial charge is 0.261 e. The van der Waals surface area contributed by atoms with Crippen LogP contribution in [0.5, 0.6) is 5.75 Å². The van der Waals surface area contributed by atoms with Crippen molar-refractivity contribution in [2.75, 3.05) is 6.61 Å². The first kappa shape index (κ1) is 20.3. The second kappa shape index (κ2) is 9.67. The molecule has 0 spiro atoms. The number of carbonyl (C=O) groups excluding carboxylic acids is 3. The van der Waals surface area contributed by atoms with Gasteiger partial charge in [-0.2, -0.15) is 0 Å². The van der Waals surface area contributed by atoms with Crippen LogP contribution < -0.4 is 10.1 Å². The number of amides is 2. The molecule has 2 amide bonds. The lowest BCUT2D eigenvalue weighted by atomic mass is 9.86. The van der Waals surface area contributed by atoms with Crippen LogP contribution >= 0.6 is 0 Å². The zero-order valence-electron chi connectivity index (χ0n) is 16.6. The summed E-state index contributed by atoms with van der Waals surface area (Å²) < 4.78 is 5.92. The molecule has 0 unspecified atom stereocenters. The highest BCUT2D eigenvalue weighted by Gasteiger charge is 2.28. The summed E-state index contributed by atoms with van der Waals surface area (Å²) >= 11 is 0. The van der Waals surface area contributed by atoms with E-state index in [1.807, 2.05) is 25.1 Å². The van der Waals surface area contributed by atoms with Crippen molar-refractivity contribution in [2.45, 2.75) is 64.7 Å². The topological polar surface area (TPSA) is 72.5 Å². The molecule has 150 valence electrons. The van der Waals surface area contributed by atoms with Crippen molar-refractivity contribution in [1.29, 1.82) is 0 Å². The molecule has 0 atom stereocenters. The van der Waals surface area contributed by atoms with E-state index in [4.69, 9.17) is 4.74 Å². The average Bonchev–Trinajstić information content (AvgIpc) is 2.66. The summed E-state index contributed by atoms with van der Waals surface area (Å²) in [6.45, 7) is 2.66. The number of benzene rings is 1. The Labute approximate surface area is 166 Å². The van der Waals surface area contributed by atoms with E-state index in [-0.39, 0.29) is 12.0 Å². The fourth-order valence-electron chi connectivity index (χ4n) is 4.04. The van der Waals surface area contributed by atoms with Crippen LogP contribution in [0.3, 0.4) is 0 Å². The normalized spacial score (nSPS) is 19.8. The monoisotopic (exact) mass is 383 g/mol. The Morgan fingerprint density at radius 3 is 2.61 bits per heavy atom. The first-order valence-corrected chi connectivity index (χ1v) is 10.4. The number of hydrogen-bond donors (Lipinski definition) is 1. The third kappa shape index (κ3) is 5.54. The van der Waals surface area contributed by atoms with Gasteiger partial charge in [-0.3, -0.25) is 19.7 Å². The predicted molar refractivity (Wildman–Crippen MR) is 108 cm³/mol. The Hall–Kier alpha value is -2.43. The minimum atomic E-state index is -0.628. The number of aryl methyl sites for hydroxylation is 1. The second-order valence-corrected chi connectivity index (χ2v) is 7.91. The van der Waals surface area contributed by atoms with Crippen LogP contribution in [0.25, 0.3) is 6.08 Å². The molecule has 1 saturated heterocycles. The molecule has 1 aromatic carbocycles. The number of Topliss-reactive ketones (excluding diaryl/α,β-unsaturated/α-hetero) is 1. The molecule has 1 aliphatic carbocycles. The molecule has 1 heterocycles. The van der Waals surface area contributed by atoms with E-state index in [2.05, 4.69) is 5.32 Å². The molecule has 5 heteroatoms. The molecule has 28 heavy (non-hydrogen) atoms. The van der Waals surface area contributed by atoms with Crippen LogP contribution in [-0.4, -0.2) is 24.2 Å². The van der Waals surface area contributed by atoms with Gasteiger partial charge in [-0.05, 0) is 55.0 Å². The van der Waals surface area contributed by atoms with E-state index in [1.165, 1.54) is 51.0 Å². The Balaban J connectivity index is 1.49. The summed E-state index contributed by atoms with van der Waals surface area (Å²) in [5.74, 6) is 0.129. The van der Waals surface area contributed by atoms with Gasteiger partial charge in [0.15, 0.2) is 5.78 Å². The Kier molecular flexibility index (Phi) is 7.01. The predicted octanol–water partition coefficient (Wildman–Crippen LogP) is 4.12. The molecular formula is C23H29NO4. The highest BCUT2D eigenvalue weighted by molar-refractivity contribution is 6.32. The van der Waals surface area contributed by atoms with Crippen LogP contribution in [0, 0.1) is 12.8 Å². The summed E-state index contributed by atoms with van der Waals surface area (Å²) in [4.78, 5) is 35.0. The Bertz CT molecular complexity index is 753. The van der Waals surface area contributed by atoms with Gasteiger partial charge in [0.2, 0.25) is 5.91 Å². The molecule has 0 bridgehead atoms. The van der Waals surface area contributed by atoms with Crippen LogP contribution in [0.4, 0.5) is 0 Å². The zero-order chi connectivity index (χ0) is 19.9. The lowest BCUT2D eigenvalue weighted by Crippen LogP contribution is -2.40. The lowest BCUT2D eigenvalue weighted by Gasteiger charge is -2.21. The van der Waals surface area contributed by atoms with Crippen LogP contribution in [0.15, 0.2) is 23.8 Å². The fraction of sp³-hybridized carbons (Fsp3) is 0.522. The van der Waals surface area contributed by atoms with Crippen LogP contribution in [-0.2, 0) is 14.4 Å².